The molecule has 0 bridgehead atoms. The van der Waals surface area contributed by atoms with Gasteiger partial charge in [0.1, 0.15) is 11.5 Å². The quantitative estimate of drug-likeness (QED) is 0.693. The molecule has 0 aromatic heterocycles. The van der Waals surface area contributed by atoms with Crippen molar-refractivity contribution in [3.63, 3.8) is 0 Å². The summed E-state index contributed by atoms with van der Waals surface area (Å²) in [6.07, 6.45) is 3.92. The number of carbonyl (C=O) groups is 1. The summed E-state index contributed by atoms with van der Waals surface area (Å²) in [6, 6.07) is 13.7. The molecule has 30 heavy (non-hydrogen) atoms. The Morgan fingerprint density at radius 3 is 2.33 bits per heavy atom. The van der Waals surface area contributed by atoms with E-state index in [2.05, 4.69) is 5.32 Å². The molecule has 1 aliphatic rings. The van der Waals surface area contributed by atoms with E-state index in [1.165, 1.54) is 12.1 Å². The molecule has 7 nitrogen and oxygen atoms in total. The maximum Gasteiger partial charge on any atom is 0.258 e. The van der Waals surface area contributed by atoms with Crippen LogP contribution in [0.1, 0.15) is 31.2 Å². The highest BCUT2D eigenvalue weighted by atomic mass is 32.2. The van der Waals surface area contributed by atoms with Crippen LogP contribution in [0.15, 0.2) is 53.4 Å². The largest absolute Gasteiger partial charge is 0.496 e. The van der Waals surface area contributed by atoms with Crippen LogP contribution in [-0.4, -0.2) is 45.4 Å². The van der Waals surface area contributed by atoms with Gasteiger partial charge in [0, 0.05) is 25.2 Å². The number of para-hydroxylation sites is 1. The molecule has 2 aromatic carbocycles. The van der Waals surface area contributed by atoms with Crippen LogP contribution >= 0.6 is 0 Å². The van der Waals surface area contributed by atoms with E-state index in [1.807, 2.05) is 24.3 Å². The van der Waals surface area contributed by atoms with Crippen molar-refractivity contribution in [1.29, 1.82) is 0 Å². The van der Waals surface area contributed by atoms with Crippen molar-refractivity contribution < 1.29 is 22.7 Å². The number of hydrogen-bond donors (Lipinski definition) is 1. The lowest BCUT2D eigenvalue weighted by molar-refractivity contribution is -0.123. The fourth-order valence-electron chi connectivity index (χ4n) is 3.38. The van der Waals surface area contributed by atoms with Gasteiger partial charge in [-0.05, 0) is 43.2 Å². The van der Waals surface area contributed by atoms with Crippen molar-refractivity contribution in [2.45, 2.75) is 37.1 Å². The maximum atomic E-state index is 12.8. The van der Waals surface area contributed by atoms with E-state index in [0.717, 1.165) is 31.2 Å². The van der Waals surface area contributed by atoms with Gasteiger partial charge in [0.2, 0.25) is 10.0 Å². The summed E-state index contributed by atoms with van der Waals surface area (Å²) in [5.74, 6) is 0.874. The lowest BCUT2D eigenvalue weighted by Gasteiger charge is -2.20. The van der Waals surface area contributed by atoms with Crippen LogP contribution < -0.4 is 14.8 Å². The number of sulfonamides is 1. The molecular weight excluding hydrogens is 404 g/mol. The number of hydrogen-bond acceptors (Lipinski definition) is 5. The average molecular weight is 433 g/mol. The van der Waals surface area contributed by atoms with Gasteiger partial charge in [-0.1, -0.05) is 31.0 Å². The van der Waals surface area contributed by atoms with Crippen LogP contribution in [0.25, 0.3) is 0 Å². The third kappa shape index (κ3) is 5.73. The second-order valence-corrected chi connectivity index (χ2v) is 9.10. The Labute approximate surface area is 178 Å². The molecule has 1 aliphatic heterocycles. The monoisotopic (exact) mass is 432 g/mol. The molecule has 1 heterocycles. The number of amides is 1. The summed E-state index contributed by atoms with van der Waals surface area (Å²) in [6.45, 7) is 1.30. The molecule has 0 unspecified atom stereocenters. The Balaban J connectivity index is 1.52. The van der Waals surface area contributed by atoms with Crippen LogP contribution in [0, 0.1) is 0 Å². The SMILES string of the molecule is COc1ccccc1CNC(=O)COc1ccc(S(=O)(=O)N2CCCCCC2)cc1. The molecule has 2 aromatic rings. The lowest BCUT2D eigenvalue weighted by Crippen LogP contribution is -2.31. The second kappa shape index (κ2) is 10.4. The van der Waals surface area contributed by atoms with E-state index in [4.69, 9.17) is 9.47 Å². The van der Waals surface area contributed by atoms with Crippen molar-refractivity contribution in [2.75, 3.05) is 26.8 Å². The van der Waals surface area contributed by atoms with E-state index < -0.39 is 10.0 Å². The van der Waals surface area contributed by atoms with Crippen molar-refractivity contribution >= 4 is 15.9 Å². The van der Waals surface area contributed by atoms with Gasteiger partial charge in [-0.2, -0.15) is 4.31 Å². The molecule has 0 radical (unpaired) electrons. The summed E-state index contributed by atoms with van der Waals surface area (Å²) < 4.78 is 37.9. The van der Waals surface area contributed by atoms with E-state index in [-0.39, 0.29) is 17.4 Å². The Morgan fingerprint density at radius 2 is 1.67 bits per heavy atom. The van der Waals surface area contributed by atoms with Crippen molar-refractivity contribution in [3.05, 3.63) is 54.1 Å². The van der Waals surface area contributed by atoms with Crippen molar-refractivity contribution in [1.82, 2.24) is 9.62 Å². The van der Waals surface area contributed by atoms with E-state index in [0.29, 0.717) is 31.1 Å². The predicted molar refractivity (Wildman–Crippen MR) is 114 cm³/mol. The van der Waals surface area contributed by atoms with Gasteiger partial charge in [-0.25, -0.2) is 8.42 Å². The average Bonchev–Trinajstić information content (AvgIpc) is 3.07. The van der Waals surface area contributed by atoms with Crippen LogP contribution in [0.5, 0.6) is 11.5 Å². The van der Waals surface area contributed by atoms with Gasteiger partial charge in [0.05, 0.1) is 12.0 Å². The second-order valence-electron chi connectivity index (χ2n) is 7.17. The molecule has 162 valence electrons. The van der Waals surface area contributed by atoms with Crippen LogP contribution in [0.4, 0.5) is 0 Å². The summed E-state index contributed by atoms with van der Waals surface area (Å²) in [5.41, 5.74) is 0.872. The van der Waals surface area contributed by atoms with Gasteiger partial charge in [0.25, 0.3) is 5.91 Å². The Bertz CT molecular complexity index is 936. The van der Waals surface area contributed by atoms with Gasteiger partial charge >= 0.3 is 0 Å². The number of carbonyl (C=O) groups excluding carboxylic acids is 1. The van der Waals surface area contributed by atoms with Crippen LogP contribution in [0.2, 0.25) is 0 Å². The highest BCUT2D eigenvalue weighted by molar-refractivity contribution is 7.89. The zero-order chi connectivity index (χ0) is 21.4. The first-order chi connectivity index (χ1) is 14.5. The van der Waals surface area contributed by atoms with Crippen LogP contribution in [0.3, 0.4) is 0 Å². The van der Waals surface area contributed by atoms with Crippen LogP contribution in [-0.2, 0) is 21.4 Å². The fourth-order valence-corrected chi connectivity index (χ4v) is 4.90. The van der Waals surface area contributed by atoms with Crippen molar-refractivity contribution in [3.8, 4) is 11.5 Å². The molecular formula is C22H28N2O5S. The first-order valence-corrected chi connectivity index (χ1v) is 11.6. The summed E-state index contributed by atoms with van der Waals surface area (Å²) >= 11 is 0. The van der Waals surface area contributed by atoms with Gasteiger partial charge < -0.3 is 14.8 Å². The van der Waals surface area contributed by atoms with E-state index in [9.17, 15) is 13.2 Å². The Hall–Kier alpha value is -2.58. The molecule has 3 rings (SSSR count). The number of nitrogens with one attached hydrogen (secondary N) is 1. The number of benzene rings is 2. The first kappa shape index (κ1) is 22.1. The predicted octanol–water partition coefficient (Wildman–Crippen LogP) is 2.96. The van der Waals surface area contributed by atoms with Crippen molar-refractivity contribution in [2.24, 2.45) is 0 Å². The highest BCUT2D eigenvalue weighted by Gasteiger charge is 2.25. The summed E-state index contributed by atoms with van der Waals surface area (Å²) in [4.78, 5) is 12.3. The van der Waals surface area contributed by atoms with Gasteiger partial charge in [-0.15, -0.1) is 0 Å². The van der Waals surface area contributed by atoms with Gasteiger partial charge in [-0.3, -0.25) is 4.79 Å². The molecule has 1 amide bonds. The molecule has 1 saturated heterocycles. The minimum absolute atomic E-state index is 0.159. The standard InChI is InChI=1S/C22H28N2O5S/c1-28-21-9-5-4-8-18(21)16-23-22(25)17-29-19-10-12-20(13-11-19)30(26,27)24-14-6-2-3-7-15-24/h4-5,8-13H,2-3,6-7,14-17H2,1H3,(H,23,25). The molecule has 1 fully saturated rings. The third-order valence-electron chi connectivity index (χ3n) is 5.07. The third-order valence-corrected chi connectivity index (χ3v) is 6.98. The lowest BCUT2D eigenvalue weighted by atomic mass is 10.2. The molecule has 8 heteroatoms. The number of ether oxygens (including phenoxy) is 2. The normalized spacial score (nSPS) is 15.2. The fraction of sp³-hybridized carbons (Fsp3) is 0.409. The maximum absolute atomic E-state index is 12.8. The minimum atomic E-state index is -3.49. The number of nitrogens with zero attached hydrogens (tertiary/aromatic N) is 1. The smallest absolute Gasteiger partial charge is 0.258 e. The first-order valence-electron chi connectivity index (χ1n) is 10.1. The van der Waals surface area contributed by atoms with E-state index in [1.54, 1.807) is 23.5 Å². The highest BCUT2D eigenvalue weighted by Crippen LogP contribution is 2.22. The summed E-state index contributed by atoms with van der Waals surface area (Å²) in [7, 11) is -1.91. The number of rotatable bonds is 8. The molecule has 0 atom stereocenters. The topological polar surface area (TPSA) is 84.9 Å². The molecule has 0 saturated carbocycles. The molecule has 0 aliphatic carbocycles. The Morgan fingerprint density at radius 1 is 1.00 bits per heavy atom. The van der Waals surface area contributed by atoms with Gasteiger partial charge in [0.15, 0.2) is 6.61 Å². The zero-order valence-corrected chi connectivity index (χ0v) is 18.0. The number of methoxy groups -OCH3 is 1. The molecule has 0 spiro atoms. The molecule has 1 N–H and O–H groups in total. The van der Waals surface area contributed by atoms with E-state index >= 15 is 0 Å². The minimum Gasteiger partial charge on any atom is -0.496 e. The zero-order valence-electron chi connectivity index (χ0n) is 17.2. The summed E-state index contributed by atoms with van der Waals surface area (Å²) in [5, 5.41) is 2.78. The Kier molecular flexibility index (Phi) is 7.70.